The van der Waals surface area contributed by atoms with Crippen LogP contribution in [0.5, 0.6) is 0 Å². The third-order valence-electron chi connectivity index (χ3n) is 5.26. The minimum atomic E-state index is 0.0373. The highest BCUT2D eigenvalue weighted by Crippen LogP contribution is 2.29. The van der Waals surface area contributed by atoms with E-state index in [1.165, 1.54) is 36.6 Å². The maximum Gasteiger partial charge on any atom is 0.128 e. The molecule has 0 aliphatic rings. The molecule has 3 N–H and O–H groups in total. The fraction of sp³-hybridized carbons (Fsp3) is 0.292. The fourth-order valence-electron chi connectivity index (χ4n) is 3.73. The number of fused-ring (bicyclic) bond motifs is 1. The second kappa shape index (κ2) is 8.89. The van der Waals surface area contributed by atoms with Crippen molar-refractivity contribution in [3.8, 4) is 11.3 Å². The number of aromatic amines is 2. The lowest BCUT2D eigenvalue weighted by Crippen LogP contribution is -2.24. The summed E-state index contributed by atoms with van der Waals surface area (Å²) in [4.78, 5) is 11.7. The monoisotopic (exact) mass is 372 g/mol. The maximum atomic E-state index is 4.74. The number of H-pyrrole nitrogens is 2. The molecule has 1 unspecified atom stereocenters. The Kier molecular flexibility index (Phi) is 5.88. The van der Waals surface area contributed by atoms with E-state index in [1.807, 2.05) is 12.3 Å². The van der Waals surface area contributed by atoms with Gasteiger partial charge in [0, 0.05) is 22.7 Å². The van der Waals surface area contributed by atoms with Gasteiger partial charge in [-0.25, -0.2) is 4.98 Å². The minimum absolute atomic E-state index is 0.0373. The summed E-state index contributed by atoms with van der Waals surface area (Å²) in [7, 11) is 0. The van der Waals surface area contributed by atoms with Gasteiger partial charge in [-0.05, 0) is 24.6 Å². The molecule has 2 heterocycles. The normalized spacial score (nSPS) is 12.5. The Morgan fingerprint density at radius 2 is 1.79 bits per heavy atom. The van der Waals surface area contributed by atoms with Gasteiger partial charge in [0.2, 0.25) is 0 Å². The molecular formula is C24H28N4. The number of unbranched alkanes of at least 4 members (excludes halogenated alkanes) is 3. The molecule has 0 bridgehead atoms. The predicted molar refractivity (Wildman–Crippen MR) is 116 cm³/mol. The number of nitrogens with one attached hydrogen (secondary N) is 3. The summed E-state index contributed by atoms with van der Waals surface area (Å²) in [5, 5.41) is 4.98. The molecule has 4 aromatic rings. The molecule has 0 saturated carbocycles. The third kappa shape index (κ3) is 4.02. The number of aromatic nitrogens is 3. The first-order valence-electron chi connectivity index (χ1n) is 10.3. The highest BCUT2D eigenvalue weighted by Gasteiger charge is 2.20. The first-order chi connectivity index (χ1) is 13.9. The molecule has 4 heteroatoms. The van der Waals surface area contributed by atoms with Gasteiger partial charge in [0.15, 0.2) is 0 Å². The zero-order chi connectivity index (χ0) is 19.2. The summed E-state index contributed by atoms with van der Waals surface area (Å²) in [6, 6.07) is 18.8. The Balaban J connectivity index is 1.62. The average molecular weight is 373 g/mol. The molecule has 4 nitrogen and oxygen atoms in total. The van der Waals surface area contributed by atoms with Crippen molar-refractivity contribution in [1.82, 2.24) is 20.3 Å². The quantitative estimate of drug-likeness (QED) is 0.324. The second-order valence-corrected chi connectivity index (χ2v) is 7.29. The molecule has 0 amide bonds. The van der Waals surface area contributed by atoms with Gasteiger partial charge in [0.1, 0.15) is 5.82 Å². The molecule has 0 fully saturated rings. The molecule has 0 saturated heterocycles. The number of rotatable bonds is 9. The van der Waals surface area contributed by atoms with Crippen LogP contribution in [0.1, 0.15) is 50.0 Å². The van der Waals surface area contributed by atoms with Crippen molar-refractivity contribution in [2.75, 3.05) is 6.54 Å². The number of imidazole rings is 1. The Bertz CT molecular complexity index is 1000. The van der Waals surface area contributed by atoms with Crippen molar-refractivity contribution in [3.63, 3.8) is 0 Å². The summed E-state index contributed by atoms with van der Waals surface area (Å²) in [5.74, 6) is 0.957. The standard InChI is InChI=1S/C24H28N4/c1-2-3-4-10-15-25-23(20-16-26-21-14-9-8-13-19(20)21)24-27-17-22(28-24)18-11-6-5-7-12-18/h5-9,11-14,16-17,23,25-26H,2-4,10,15H2,1H3,(H,27,28). The summed E-state index contributed by atoms with van der Waals surface area (Å²) in [6.07, 6.45) is 9.03. The minimum Gasteiger partial charge on any atom is -0.361 e. The number of hydrogen-bond acceptors (Lipinski definition) is 2. The Morgan fingerprint density at radius 1 is 0.964 bits per heavy atom. The van der Waals surface area contributed by atoms with Gasteiger partial charge in [0.25, 0.3) is 0 Å². The molecule has 144 valence electrons. The van der Waals surface area contributed by atoms with Crippen molar-refractivity contribution in [1.29, 1.82) is 0 Å². The molecule has 4 rings (SSSR count). The van der Waals surface area contributed by atoms with Gasteiger partial charge in [-0.1, -0.05) is 74.7 Å². The molecule has 0 aliphatic carbocycles. The number of nitrogens with zero attached hydrogens (tertiary/aromatic N) is 1. The molecule has 0 radical (unpaired) electrons. The van der Waals surface area contributed by atoms with Crippen LogP contribution in [-0.2, 0) is 0 Å². The van der Waals surface area contributed by atoms with E-state index in [9.17, 15) is 0 Å². The van der Waals surface area contributed by atoms with E-state index in [0.29, 0.717) is 0 Å². The lowest BCUT2D eigenvalue weighted by molar-refractivity contribution is 0.544. The lowest BCUT2D eigenvalue weighted by Gasteiger charge is -2.16. The highest BCUT2D eigenvalue weighted by molar-refractivity contribution is 5.84. The molecule has 0 spiro atoms. The molecule has 1 atom stereocenters. The highest BCUT2D eigenvalue weighted by atomic mass is 15.0. The maximum absolute atomic E-state index is 4.74. The molecule has 28 heavy (non-hydrogen) atoms. The van der Waals surface area contributed by atoms with Crippen molar-refractivity contribution < 1.29 is 0 Å². The number of hydrogen-bond donors (Lipinski definition) is 3. The Labute approximate surface area is 166 Å². The predicted octanol–water partition coefficient (Wildman–Crippen LogP) is 5.82. The summed E-state index contributed by atoms with van der Waals surface area (Å²) >= 11 is 0. The average Bonchev–Trinajstić information content (AvgIpc) is 3.39. The van der Waals surface area contributed by atoms with Crippen molar-refractivity contribution in [2.24, 2.45) is 0 Å². The number of para-hydroxylation sites is 1. The van der Waals surface area contributed by atoms with E-state index >= 15 is 0 Å². The van der Waals surface area contributed by atoms with Crippen LogP contribution in [0.15, 0.2) is 67.0 Å². The van der Waals surface area contributed by atoms with E-state index in [4.69, 9.17) is 4.98 Å². The third-order valence-corrected chi connectivity index (χ3v) is 5.26. The summed E-state index contributed by atoms with van der Waals surface area (Å²) < 4.78 is 0. The smallest absolute Gasteiger partial charge is 0.128 e. The van der Waals surface area contributed by atoms with Gasteiger partial charge < -0.3 is 15.3 Å². The van der Waals surface area contributed by atoms with Gasteiger partial charge in [0.05, 0.1) is 17.9 Å². The van der Waals surface area contributed by atoms with Crippen LogP contribution in [-0.4, -0.2) is 21.5 Å². The lowest BCUT2D eigenvalue weighted by atomic mass is 10.0. The van der Waals surface area contributed by atoms with Crippen molar-refractivity contribution in [2.45, 2.75) is 38.6 Å². The zero-order valence-electron chi connectivity index (χ0n) is 16.4. The second-order valence-electron chi connectivity index (χ2n) is 7.29. The fourth-order valence-corrected chi connectivity index (χ4v) is 3.73. The van der Waals surface area contributed by atoms with Gasteiger partial charge in [-0.3, -0.25) is 0 Å². The van der Waals surface area contributed by atoms with E-state index in [2.05, 4.69) is 76.9 Å². The van der Waals surface area contributed by atoms with Crippen LogP contribution in [0.25, 0.3) is 22.2 Å². The van der Waals surface area contributed by atoms with E-state index in [1.54, 1.807) is 0 Å². The van der Waals surface area contributed by atoms with E-state index in [0.717, 1.165) is 29.1 Å². The molecule has 0 aliphatic heterocycles. The Morgan fingerprint density at radius 3 is 2.64 bits per heavy atom. The van der Waals surface area contributed by atoms with Crippen LogP contribution in [0.3, 0.4) is 0 Å². The van der Waals surface area contributed by atoms with Crippen molar-refractivity contribution in [3.05, 3.63) is 78.4 Å². The zero-order valence-corrected chi connectivity index (χ0v) is 16.4. The van der Waals surface area contributed by atoms with Crippen LogP contribution in [0.2, 0.25) is 0 Å². The van der Waals surface area contributed by atoms with Crippen LogP contribution in [0, 0.1) is 0 Å². The van der Waals surface area contributed by atoms with Gasteiger partial charge in [-0.15, -0.1) is 0 Å². The topological polar surface area (TPSA) is 56.5 Å². The molecule has 2 aromatic carbocycles. The Hall–Kier alpha value is -2.85. The van der Waals surface area contributed by atoms with Gasteiger partial charge in [-0.2, -0.15) is 0 Å². The molecule has 2 aromatic heterocycles. The van der Waals surface area contributed by atoms with E-state index in [-0.39, 0.29) is 6.04 Å². The summed E-state index contributed by atoms with van der Waals surface area (Å²) in [5.41, 5.74) is 4.60. The SMILES string of the molecule is CCCCCCNC(c1ncc(-c2ccccc2)[nH]1)c1c[nH]c2ccccc12. The van der Waals surface area contributed by atoms with E-state index < -0.39 is 0 Å². The molecular weight excluding hydrogens is 344 g/mol. The first-order valence-corrected chi connectivity index (χ1v) is 10.3. The largest absolute Gasteiger partial charge is 0.361 e. The van der Waals surface area contributed by atoms with Crippen LogP contribution < -0.4 is 5.32 Å². The van der Waals surface area contributed by atoms with Crippen molar-refractivity contribution >= 4 is 10.9 Å². The van der Waals surface area contributed by atoms with Crippen LogP contribution >= 0.6 is 0 Å². The first kappa shape index (κ1) is 18.5. The van der Waals surface area contributed by atoms with Crippen LogP contribution in [0.4, 0.5) is 0 Å². The summed E-state index contributed by atoms with van der Waals surface area (Å²) in [6.45, 7) is 3.22. The number of benzene rings is 2. The van der Waals surface area contributed by atoms with Gasteiger partial charge >= 0.3 is 0 Å².